The summed E-state index contributed by atoms with van der Waals surface area (Å²) >= 11 is 0. The molecular formula is C19H24O3. The summed E-state index contributed by atoms with van der Waals surface area (Å²) in [5, 5.41) is 19.2. The molecule has 1 aromatic rings. The molecule has 0 radical (unpaired) electrons. The maximum Gasteiger partial charge on any atom is 0.328 e. The average Bonchev–Trinajstić information content (AvgIpc) is 2.42. The smallest absolute Gasteiger partial charge is 0.328 e. The number of hydrogen-bond acceptors (Lipinski definition) is 2. The second kappa shape index (κ2) is 8.23. The molecule has 0 aromatic heterocycles. The van der Waals surface area contributed by atoms with Crippen molar-refractivity contribution in [3.05, 3.63) is 58.2 Å². The Balaban J connectivity index is 3.26. The Morgan fingerprint density at radius 3 is 1.82 bits per heavy atom. The Morgan fingerprint density at radius 1 is 1.00 bits per heavy atom. The maximum atomic E-state index is 10.7. The van der Waals surface area contributed by atoms with Gasteiger partial charge in [-0.2, -0.15) is 0 Å². The fourth-order valence-electron chi connectivity index (χ4n) is 1.99. The molecule has 0 spiro atoms. The van der Waals surface area contributed by atoms with Crippen LogP contribution in [0.2, 0.25) is 0 Å². The van der Waals surface area contributed by atoms with Crippen molar-refractivity contribution in [2.24, 2.45) is 0 Å². The number of benzene rings is 1. The largest absolute Gasteiger partial charge is 0.507 e. The number of hydrogen-bond donors (Lipinski definition) is 2. The van der Waals surface area contributed by atoms with Crippen LogP contribution in [0.1, 0.15) is 44.4 Å². The highest BCUT2D eigenvalue weighted by molar-refractivity contribution is 5.85. The molecule has 0 heterocycles. The molecule has 0 saturated heterocycles. The number of rotatable bonds is 6. The van der Waals surface area contributed by atoms with Crippen molar-refractivity contribution in [2.75, 3.05) is 0 Å². The minimum absolute atomic E-state index is 0.294. The quantitative estimate of drug-likeness (QED) is 0.600. The summed E-state index contributed by atoms with van der Waals surface area (Å²) in [5.41, 5.74) is 4.76. The van der Waals surface area contributed by atoms with Gasteiger partial charge in [0.1, 0.15) is 5.75 Å². The maximum absolute atomic E-state index is 10.7. The molecule has 0 saturated carbocycles. The first-order chi connectivity index (χ1) is 10.3. The van der Waals surface area contributed by atoms with E-state index in [1.807, 2.05) is 52.0 Å². The SMILES string of the molecule is CC(C)=CCc1cc(/C=C\C(=O)O)cc(CC=C(C)C)c1O. The second-order valence-corrected chi connectivity index (χ2v) is 5.83. The zero-order valence-electron chi connectivity index (χ0n) is 13.7. The summed E-state index contributed by atoms with van der Waals surface area (Å²) < 4.78 is 0. The standard InChI is InChI=1S/C19H24O3/c1-13(2)5-8-16-11-15(7-10-18(20)21)12-17(19(16)22)9-6-14(3)4/h5-7,10-12,22H,8-9H2,1-4H3,(H,20,21)/b10-7-. The van der Waals surface area contributed by atoms with Crippen molar-refractivity contribution in [3.8, 4) is 5.75 Å². The molecule has 0 aliphatic rings. The highest BCUT2D eigenvalue weighted by Gasteiger charge is 2.08. The molecule has 2 N–H and O–H groups in total. The molecular weight excluding hydrogens is 276 g/mol. The number of aliphatic carboxylic acids is 1. The van der Waals surface area contributed by atoms with E-state index in [0.717, 1.165) is 22.8 Å². The average molecular weight is 300 g/mol. The third-order valence-corrected chi connectivity index (χ3v) is 3.17. The number of aromatic hydroxyl groups is 1. The Bertz CT molecular complexity index is 585. The van der Waals surface area contributed by atoms with Crippen molar-refractivity contribution in [1.82, 2.24) is 0 Å². The van der Waals surface area contributed by atoms with E-state index in [-0.39, 0.29) is 0 Å². The van der Waals surface area contributed by atoms with E-state index in [4.69, 9.17) is 5.11 Å². The van der Waals surface area contributed by atoms with E-state index in [9.17, 15) is 9.90 Å². The van der Waals surface area contributed by atoms with Gasteiger partial charge >= 0.3 is 5.97 Å². The number of phenols is 1. The van der Waals surface area contributed by atoms with Crippen LogP contribution in [0.15, 0.2) is 41.5 Å². The normalized spacial score (nSPS) is 10.5. The van der Waals surface area contributed by atoms with Gasteiger partial charge in [0.2, 0.25) is 0 Å². The highest BCUT2D eigenvalue weighted by atomic mass is 16.4. The third kappa shape index (κ3) is 6.00. The fourth-order valence-corrected chi connectivity index (χ4v) is 1.99. The molecule has 1 aromatic carbocycles. The highest BCUT2D eigenvalue weighted by Crippen LogP contribution is 2.27. The number of allylic oxidation sites excluding steroid dienone is 4. The third-order valence-electron chi connectivity index (χ3n) is 3.17. The Labute approximate surface area is 132 Å². The van der Waals surface area contributed by atoms with Gasteiger partial charge in [0.05, 0.1) is 0 Å². The van der Waals surface area contributed by atoms with Crippen LogP contribution in [0, 0.1) is 0 Å². The summed E-state index contributed by atoms with van der Waals surface area (Å²) in [7, 11) is 0. The summed E-state index contributed by atoms with van der Waals surface area (Å²) in [5.74, 6) is -0.688. The molecule has 22 heavy (non-hydrogen) atoms. The lowest BCUT2D eigenvalue weighted by Gasteiger charge is -2.10. The molecule has 1 rings (SSSR count). The lowest BCUT2D eigenvalue weighted by molar-refractivity contribution is -0.131. The van der Waals surface area contributed by atoms with Crippen molar-refractivity contribution in [3.63, 3.8) is 0 Å². The Hall–Kier alpha value is -2.29. The molecule has 3 nitrogen and oxygen atoms in total. The number of carboxylic acid groups (broad SMARTS) is 1. The molecule has 0 aliphatic heterocycles. The van der Waals surface area contributed by atoms with Crippen LogP contribution in [0.4, 0.5) is 0 Å². The number of carboxylic acids is 1. The van der Waals surface area contributed by atoms with Gasteiger partial charge in [0.25, 0.3) is 0 Å². The van der Waals surface area contributed by atoms with Gasteiger partial charge in [0, 0.05) is 6.08 Å². The lowest BCUT2D eigenvalue weighted by Crippen LogP contribution is -1.93. The first-order valence-electron chi connectivity index (χ1n) is 7.32. The van der Waals surface area contributed by atoms with Crippen molar-refractivity contribution < 1.29 is 15.0 Å². The summed E-state index contributed by atoms with van der Waals surface area (Å²) in [4.78, 5) is 10.7. The molecule has 0 atom stereocenters. The fraction of sp³-hybridized carbons (Fsp3) is 0.316. The van der Waals surface area contributed by atoms with Crippen molar-refractivity contribution in [2.45, 2.75) is 40.5 Å². The Kier molecular flexibility index (Phi) is 6.64. The van der Waals surface area contributed by atoms with Gasteiger partial charge in [-0.3, -0.25) is 0 Å². The van der Waals surface area contributed by atoms with Gasteiger partial charge in [-0.25, -0.2) is 4.79 Å². The zero-order chi connectivity index (χ0) is 16.7. The first kappa shape index (κ1) is 17.8. The van der Waals surface area contributed by atoms with Crippen LogP contribution in [0.5, 0.6) is 5.75 Å². The van der Waals surface area contributed by atoms with Gasteiger partial charge in [-0.15, -0.1) is 0 Å². The zero-order valence-corrected chi connectivity index (χ0v) is 13.7. The molecule has 3 heteroatoms. The van der Waals surface area contributed by atoms with Gasteiger partial charge < -0.3 is 10.2 Å². The molecule has 0 aliphatic carbocycles. The van der Waals surface area contributed by atoms with Gasteiger partial charge in [-0.05, 0) is 75.4 Å². The van der Waals surface area contributed by atoms with E-state index in [2.05, 4.69) is 0 Å². The van der Waals surface area contributed by atoms with E-state index in [0.29, 0.717) is 18.6 Å². The summed E-state index contributed by atoms with van der Waals surface area (Å²) in [6, 6.07) is 3.67. The molecule has 0 fully saturated rings. The van der Waals surface area contributed by atoms with Crippen LogP contribution < -0.4 is 0 Å². The van der Waals surface area contributed by atoms with E-state index in [1.165, 1.54) is 11.1 Å². The first-order valence-corrected chi connectivity index (χ1v) is 7.32. The van der Waals surface area contributed by atoms with E-state index < -0.39 is 5.97 Å². The minimum Gasteiger partial charge on any atom is -0.507 e. The molecule has 118 valence electrons. The second-order valence-electron chi connectivity index (χ2n) is 5.83. The van der Waals surface area contributed by atoms with Crippen LogP contribution in [-0.4, -0.2) is 16.2 Å². The van der Waals surface area contributed by atoms with Crippen LogP contribution in [-0.2, 0) is 17.6 Å². The predicted octanol–water partition coefficient (Wildman–Crippen LogP) is 4.51. The van der Waals surface area contributed by atoms with Crippen LogP contribution in [0.3, 0.4) is 0 Å². The minimum atomic E-state index is -0.982. The van der Waals surface area contributed by atoms with E-state index in [1.54, 1.807) is 6.08 Å². The summed E-state index contributed by atoms with van der Waals surface area (Å²) in [6.45, 7) is 8.04. The van der Waals surface area contributed by atoms with Crippen LogP contribution >= 0.6 is 0 Å². The van der Waals surface area contributed by atoms with Crippen molar-refractivity contribution >= 4 is 12.0 Å². The van der Waals surface area contributed by atoms with Crippen molar-refractivity contribution in [1.29, 1.82) is 0 Å². The summed E-state index contributed by atoms with van der Waals surface area (Å²) in [6.07, 6.45) is 8.02. The monoisotopic (exact) mass is 300 g/mol. The van der Waals surface area contributed by atoms with E-state index >= 15 is 0 Å². The number of carbonyl (C=O) groups is 1. The lowest BCUT2D eigenvalue weighted by atomic mass is 9.98. The van der Waals surface area contributed by atoms with Gasteiger partial charge in [-0.1, -0.05) is 23.3 Å². The molecule has 0 unspecified atom stereocenters. The Morgan fingerprint density at radius 2 is 1.45 bits per heavy atom. The topological polar surface area (TPSA) is 57.5 Å². The van der Waals surface area contributed by atoms with Gasteiger partial charge in [0.15, 0.2) is 0 Å². The van der Waals surface area contributed by atoms with Crippen LogP contribution in [0.25, 0.3) is 6.08 Å². The molecule has 0 bridgehead atoms. The number of phenolic OH excluding ortho intramolecular Hbond substituents is 1. The molecule has 0 amide bonds. The predicted molar refractivity (Wildman–Crippen MR) is 91.0 cm³/mol.